The summed E-state index contributed by atoms with van der Waals surface area (Å²) in [4.78, 5) is 0. The van der Waals surface area contributed by atoms with E-state index in [9.17, 15) is 0 Å². The maximum absolute atomic E-state index is 8.58. The molecule has 1 atom stereocenters. The first-order valence-corrected chi connectivity index (χ1v) is 4.70. The van der Waals surface area contributed by atoms with Crippen LogP contribution in [0.25, 0.3) is 0 Å². The van der Waals surface area contributed by atoms with Crippen molar-refractivity contribution in [1.29, 1.82) is 0 Å². The van der Waals surface area contributed by atoms with Gasteiger partial charge in [-0.1, -0.05) is 12.2 Å². The van der Waals surface area contributed by atoms with Gasteiger partial charge < -0.3 is 19.7 Å². The van der Waals surface area contributed by atoms with Crippen molar-refractivity contribution in [2.24, 2.45) is 0 Å². The van der Waals surface area contributed by atoms with Crippen LogP contribution in [0.5, 0.6) is 0 Å². The molecule has 0 amide bonds. The molecule has 0 aromatic heterocycles. The molecule has 4 heteroatoms. The van der Waals surface area contributed by atoms with E-state index in [0.29, 0.717) is 19.6 Å². The van der Waals surface area contributed by atoms with E-state index in [2.05, 4.69) is 0 Å². The predicted octanol–water partition coefficient (Wildman–Crippen LogP) is 0.217. The van der Waals surface area contributed by atoms with Crippen molar-refractivity contribution in [3.05, 3.63) is 24.0 Å². The second kappa shape index (κ2) is 6.59. The quantitative estimate of drug-likeness (QED) is 0.643. The van der Waals surface area contributed by atoms with Crippen LogP contribution in [0, 0.1) is 0 Å². The second-order valence-electron chi connectivity index (χ2n) is 2.93. The summed E-state index contributed by atoms with van der Waals surface area (Å²) < 4.78 is 10.6. The molecule has 80 valence electrons. The zero-order chi connectivity index (χ0) is 10.2. The topological polar surface area (TPSA) is 58.9 Å². The lowest BCUT2D eigenvalue weighted by Crippen LogP contribution is -2.17. The fourth-order valence-electron chi connectivity index (χ4n) is 1.22. The summed E-state index contributed by atoms with van der Waals surface area (Å²) in [6, 6.07) is 0. The van der Waals surface area contributed by atoms with E-state index < -0.39 is 0 Å². The van der Waals surface area contributed by atoms with Gasteiger partial charge in [-0.2, -0.15) is 0 Å². The second-order valence-corrected chi connectivity index (χ2v) is 2.93. The van der Waals surface area contributed by atoms with Gasteiger partial charge in [0.1, 0.15) is 6.61 Å². The summed E-state index contributed by atoms with van der Waals surface area (Å²) in [5.74, 6) is 0.810. The van der Waals surface area contributed by atoms with Gasteiger partial charge in [-0.15, -0.1) is 0 Å². The Morgan fingerprint density at radius 2 is 2.07 bits per heavy atom. The monoisotopic (exact) mass is 200 g/mol. The Kier molecular flexibility index (Phi) is 5.29. The number of rotatable bonds is 6. The number of hydrogen-bond donors (Lipinski definition) is 2. The minimum absolute atomic E-state index is 0.0171. The summed E-state index contributed by atoms with van der Waals surface area (Å²) in [5.41, 5.74) is 0. The molecule has 1 aliphatic rings. The minimum atomic E-state index is -0.0270. The van der Waals surface area contributed by atoms with Gasteiger partial charge in [-0.05, 0) is 6.08 Å². The smallest absolute Gasteiger partial charge is 0.111 e. The van der Waals surface area contributed by atoms with Gasteiger partial charge in [0.15, 0.2) is 0 Å². The summed E-state index contributed by atoms with van der Waals surface area (Å²) in [6.45, 7) is 0.693. The molecular weight excluding hydrogens is 184 g/mol. The van der Waals surface area contributed by atoms with Crippen molar-refractivity contribution in [2.75, 3.05) is 26.4 Å². The van der Waals surface area contributed by atoms with Crippen LogP contribution < -0.4 is 0 Å². The van der Waals surface area contributed by atoms with Crippen molar-refractivity contribution in [1.82, 2.24) is 0 Å². The van der Waals surface area contributed by atoms with Crippen LogP contribution in [0.2, 0.25) is 0 Å². The molecule has 2 N–H and O–H groups in total. The van der Waals surface area contributed by atoms with Crippen molar-refractivity contribution in [3.63, 3.8) is 0 Å². The summed E-state index contributed by atoms with van der Waals surface area (Å²) >= 11 is 0. The summed E-state index contributed by atoms with van der Waals surface area (Å²) in [5, 5.41) is 17.1. The van der Waals surface area contributed by atoms with Crippen LogP contribution >= 0.6 is 0 Å². The van der Waals surface area contributed by atoms with Crippen LogP contribution in [0.4, 0.5) is 0 Å². The average Bonchev–Trinajstić information content (AvgIpc) is 2.24. The molecule has 0 spiro atoms. The lowest BCUT2D eigenvalue weighted by atomic mass is 10.1. The average molecular weight is 200 g/mol. The number of ether oxygens (including phenoxy) is 2. The Morgan fingerprint density at radius 3 is 2.79 bits per heavy atom. The molecule has 1 rings (SSSR count). The summed E-state index contributed by atoms with van der Waals surface area (Å²) in [7, 11) is 0. The molecule has 0 aromatic rings. The molecule has 4 nitrogen and oxygen atoms in total. The molecule has 0 aromatic carbocycles. The van der Waals surface area contributed by atoms with Gasteiger partial charge in [0.2, 0.25) is 0 Å². The molecule has 1 unspecified atom stereocenters. The highest BCUT2D eigenvalue weighted by Gasteiger charge is 2.12. The van der Waals surface area contributed by atoms with E-state index in [1.165, 1.54) is 0 Å². The highest BCUT2D eigenvalue weighted by Crippen LogP contribution is 2.16. The van der Waals surface area contributed by atoms with Gasteiger partial charge >= 0.3 is 0 Å². The van der Waals surface area contributed by atoms with E-state index in [4.69, 9.17) is 19.7 Å². The third-order valence-electron chi connectivity index (χ3n) is 1.81. The number of hydrogen-bond acceptors (Lipinski definition) is 4. The minimum Gasteiger partial charge on any atom is -0.495 e. The first kappa shape index (κ1) is 11.2. The Labute approximate surface area is 83.5 Å². The Hall–Kier alpha value is -0.840. The van der Waals surface area contributed by atoms with Crippen LogP contribution in [0.3, 0.4) is 0 Å². The van der Waals surface area contributed by atoms with Crippen molar-refractivity contribution < 1.29 is 19.7 Å². The van der Waals surface area contributed by atoms with E-state index in [1.54, 1.807) is 0 Å². The van der Waals surface area contributed by atoms with Crippen molar-refractivity contribution in [2.45, 2.75) is 12.5 Å². The first-order chi connectivity index (χ1) is 6.86. The van der Waals surface area contributed by atoms with E-state index >= 15 is 0 Å². The van der Waals surface area contributed by atoms with Crippen LogP contribution in [0.15, 0.2) is 24.0 Å². The SMILES string of the molecule is OCCOC1=CC=CC(OCCO)C1. The van der Waals surface area contributed by atoms with Crippen molar-refractivity contribution in [3.8, 4) is 0 Å². The predicted molar refractivity (Wildman–Crippen MR) is 51.7 cm³/mol. The third kappa shape index (κ3) is 3.91. The number of aliphatic hydroxyl groups is 2. The molecule has 0 heterocycles. The van der Waals surface area contributed by atoms with Gasteiger partial charge in [-0.25, -0.2) is 0 Å². The highest BCUT2D eigenvalue weighted by molar-refractivity contribution is 5.16. The maximum Gasteiger partial charge on any atom is 0.111 e. The normalized spacial score (nSPS) is 20.7. The van der Waals surface area contributed by atoms with E-state index in [0.717, 1.165) is 5.76 Å². The van der Waals surface area contributed by atoms with Crippen LogP contribution in [0.1, 0.15) is 6.42 Å². The molecular formula is C10H16O4. The Bertz CT molecular complexity index is 210. The Balaban J connectivity index is 2.27. The summed E-state index contributed by atoms with van der Waals surface area (Å²) in [6.07, 6.45) is 6.27. The van der Waals surface area contributed by atoms with Crippen molar-refractivity contribution >= 4 is 0 Å². The third-order valence-corrected chi connectivity index (χ3v) is 1.81. The van der Waals surface area contributed by atoms with E-state index in [-0.39, 0.29) is 19.3 Å². The molecule has 14 heavy (non-hydrogen) atoms. The van der Waals surface area contributed by atoms with Gasteiger partial charge in [0.05, 0.1) is 31.7 Å². The lowest BCUT2D eigenvalue weighted by molar-refractivity contribution is 0.0409. The van der Waals surface area contributed by atoms with Gasteiger partial charge in [0.25, 0.3) is 0 Å². The fourth-order valence-corrected chi connectivity index (χ4v) is 1.22. The molecule has 0 bridgehead atoms. The zero-order valence-corrected chi connectivity index (χ0v) is 8.06. The van der Waals surface area contributed by atoms with Crippen LogP contribution in [-0.2, 0) is 9.47 Å². The molecule has 1 aliphatic carbocycles. The molecule has 0 saturated carbocycles. The molecule has 0 fully saturated rings. The van der Waals surface area contributed by atoms with Gasteiger partial charge in [-0.3, -0.25) is 0 Å². The standard InChI is InChI=1S/C10H16O4/c11-4-6-13-9-2-1-3-10(8-9)14-7-5-12/h1-3,9,11-12H,4-8H2. The maximum atomic E-state index is 8.58. The van der Waals surface area contributed by atoms with E-state index in [1.807, 2.05) is 18.2 Å². The largest absolute Gasteiger partial charge is 0.495 e. The fraction of sp³-hybridized carbons (Fsp3) is 0.600. The zero-order valence-electron chi connectivity index (χ0n) is 8.06. The number of aliphatic hydroxyl groups excluding tert-OH is 2. The lowest BCUT2D eigenvalue weighted by Gasteiger charge is -2.18. The Morgan fingerprint density at radius 1 is 1.29 bits per heavy atom. The van der Waals surface area contributed by atoms with Crippen LogP contribution in [-0.4, -0.2) is 42.7 Å². The highest BCUT2D eigenvalue weighted by atomic mass is 16.5. The molecule has 0 aliphatic heterocycles. The first-order valence-electron chi connectivity index (χ1n) is 4.70. The van der Waals surface area contributed by atoms with Gasteiger partial charge in [0, 0.05) is 6.42 Å². The number of allylic oxidation sites excluding steroid dienone is 2. The molecule has 0 saturated heterocycles. The molecule has 0 radical (unpaired) electrons.